The fourth-order valence-corrected chi connectivity index (χ4v) is 2.71. The molecular weight excluding hydrogens is 164 g/mol. The highest BCUT2D eigenvalue weighted by Crippen LogP contribution is 2.24. The summed E-state index contributed by atoms with van der Waals surface area (Å²) in [6, 6.07) is 1.17. The summed E-state index contributed by atoms with van der Waals surface area (Å²) in [5, 5.41) is 9.24. The van der Waals surface area contributed by atoms with Gasteiger partial charge in [0.2, 0.25) is 0 Å². The van der Waals surface area contributed by atoms with Crippen LogP contribution in [-0.4, -0.2) is 59.8 Å². The third kappa shape index (κ3) is 1.73. The molecule has 0 aliphatic carbocycles. The van der Waals surface area contributed by atoms with Crippen molar-refractivity contribution in [3.05, 3.63) is 0 Å². The Morgan fingerprint density at radius 2 is 2.23 bits per heavy atom. The average Bonchev–Trinajstić information content (AvgIpc) is 2.62. The molecule has 2 unspecified atom stereocenters. The van der Waals surface area contributed by atoms with E-state index in [-0.39, 0.29) is 0 Å². The molecule has 0 bridgehead atoms. The number of hydrogen-bond donors (Lipinski definition) is 1. The molecule has 1 N–H and O–H groups in total. The molecule has 2 fully saturated rings. The number of aliphatic hydroxyl groups is 1. The van der Waals surface area contributed by atoms with Gasteiger partial charge in [-0.3, -0.25) is 9.80 Å². The van der Waals surface area contributed by atoms with E-state index in [1.54, 1.807) is 0 Å². The SMILES string of the molecule is CCN1CC2CCCN2CC1CO. The molecule has 0 spiro atoms. The zero-order chi connectivity index (χ0) is 9.26. The Bertz CT molecular complexity index is 156. The molecule has 2 rings (SSSR count). The van der Waals surface area contributed by atoms with E-state index in [4.69, 9.17) is 0 Å². The van der Waals surface area contributed by atoms with Crippen LogP contribution >= 0.6 is 0 Å². The van der Waals surface area contributed by atoms with E-state index in [2.05, 4.69) is 16.7 Å². The Morgan fingerprint density at radius 3 is 2.92 bits per heavy atom. The fraction of sp³-hybridized carbons (Fsp3) is 1.00. The molecule has 2 aliphatic heterocycles. The highest BCUT2D eigenvalue weighted by molar-refractivity contribution is 4.91. The minimum absolute atomic E-state index is 0.317. The molecule has 2 aliphatic rings. The van der Waals surface area contributed by atoms with Crippen molar-refractivity contribution in [2.45, 2.75) is 31.8 Å². The smallest absolute Gasteiger partial charge is 0.0599 e. The summed E-state index contributed by atoms with van der Waals surface area (Å²) in [6.45, 7) is 7.08. The van der Waals surface area contributed by atoms with E-state index in [0.29, 0.717) is 12.6 Å². The van der Waals surface area contributed by atoms with Gasteiger partial charge >= 0.3 is 0 Å². The third-order valence-electron chi connectivity index (χ3n) is 3.52. The summed E-state index contributed by atoms with van der Waals surface area (Å²) in [7, 11) is 0. The largest absolute Gasteiger partial charge is 0.395 e. The summed E-state index contributed by atoms with van der Waals surface area (Å²) in [4.78, 5) is 4.97. The van der Waals surface area contributed by atoms with Gasteiger partial charge < -0.3 is 5.11 Å². The van der Waals surface area contributed by atoms with Gasteiger partial charge in [-0.1, -0.05) is 6.92 Å². The van der Waals surface area contributed by atoms with Gasteiger partial charge in [-0.05, 0) is 25.9 Å². The van der Waals surface area contributed by atoms with Gasteiger partial charge in [-0.15, -0.1) is 0 Å². The fourth-order valence-electron chi connectivity index (χ4n) is 2.71. The molecule has 0 amide bonds. The van der Waals surface area contributed by atoms with Crippen molar-refractivity contribution in [1.82, 2.24) is 9.80 Å². The second-order valence-electron chi connectivity index (χ2n) is 4.21. The first-order chi connectivity index (χ1) is 6.35. The lowest BCUT2D eigenvalue weighted by Crippen LogP contribution is -2.57. The van der Waals surface area contributed by atoms with Crippen LogP contribution in [0.15, 0.2) is 0 Å². The minimum atomic E-state index is 0.317. The van der Waals surface area contributed by atoms with E-state index in [1.807, 2.05) is 0 Å². The van der Waals surface area contributed by atoms with Gasteiger partial charge in [0.1, 0.15) is 0 Å². The highest BCUT2D eigenvalue weighted by atomic mass is 16.3. The van der Waals surface area contributed by atoms with Crippen LogP contribution in [0.3, 0.4) is 0 Å². The third-order valence-corrected chi connectivity index (χ3v) is 3.52. The molecule has 0 radical (unpaired) electrons. The molecule has 3 heteroatoms. The number of rotatable bonds is 2. The number of nitrogens with zero attached hydrogens (tertiary/aromatic N) is 2. The molecule has 0 aromatic heterocycles. The molecule has 2 atom stereocenters. The topological polar surface area (TPSA) is 26.7 Å². The van der Waals surface area contributed by atoms with Crippen LogP contribution in [0, 0.1) is 0 Å². The summed E-state index contributed by atoms with van der Waals surface area (Å²) in [6.07, 6.45) is 2.70. The Hall–Kier alpha value is -0.120. The van der Waals surface area contributed by atoms with Crippen LogP contribution in [0.25, 0.3) is 0 Å². The van der Waals surface area contributed by atoms with Gasteiger partial charge in [0.25, 0.3) is 0 Å². The van der Waals surface area contributed by atoms with Crippen molar-refractivity contribution in [1.29, 1.82) is 0 Å². The van der Waals surface area contributed by atoms with E-state index in [1.165, 1.54) is 25.9 Å². The lowest BCUT2D eigenvalue weighted by molar-refractivity contribution is 0.0254. The van der Waals surface area contributed by atoms with Crippen molar-refractivity contribution >= 4 is 0 Å². The van der Waals surface area contributed by atoms with Crippen LogP contribution in [-0.2, 0) is 0 Å². The monoisotopic (exact) mass is 184 g/mol. The summed E-state index contributed by atoms with van der Waals surface area (Å²) in [5.41, 5.74) is 0. The van der Waals surface area contributed by atoms with Crippen LogP contribution in [0.1, 0.15) is 19.8 Å². The maximum Gasteiger partial charge on any atom is 0.0599 e. The lowest BCUT2D eigenvalue weighted by Gasteiger charge is -2.42. The van der Waals surface area contributed by atoms with Crippen LogP contribution in [0.5, 0.6) is 0 Å². The molecule has 3 nitrogen and oxygen atoms in total. The zero-order valence-corrected chi connectivity index (χ0v) is 8.45. The maximum atomic E-state index is 9.24. The molecular formula is C10H20N2O. The number of fused-ring (bicyclic) bond motifs is 1. The number of hydrogen-bond acceptors (Lipinski definition) is 3. The predicted octanol–water partition coefficient (Wildman–Crippen LogP) is 0.147. The maximum absolute atomic E-state index is 9.24. The van der Waals surface area contributed by atoms with Gasteiger partial charge in [-0.25, -0.2) is 0 Å². The van der Waals surface area contributed by atoms with Crippen molar-refractivity contribution in [3.63, 3.8) is 0 Å². The van der Waals surface area contributed by atoms with E-state index < -0.39 is 0 Å². The number of likely N-dealkylation sites (N-methyl/N-ethyl adjacent to an activating group) is 1. The van der Waals surface area contributed by atoms with Gasteiger partial charge in [0.05, 0.1) is 6.61 Å². The molecule has 0 saturated carbocycles. The van der Waals surface area contributed by atoms with Crippen LogP contribution in [0.4, 0.5) is 0 Å². The van der Waals surface area contributed by atoms with Crippen LogP contribution < -0.4 is 0 Å². The number of aliphatic hydroxyl groups excluding tert-OH is 1. The molecule has 0 aromatic rings. The number of piperazine rings is 1. The molecule has 2 heterocycles. The summed E-state index contributed by atoms with van der Waals surface area (Å²) < 4.78 is 0. The first-order valence-corrected chi connectivity index (χ1v) is 5.44. The quantitative estimate of drug-likeness (QED) is 0.661. The second kappa shape index (κ2) is 3.95. The Kier molecular flexibility index (Phi) is 2.86. The second-order valence-corrected chi connectivity index (χ2v) is 4.21. The summed E-state index contributed by atoms with van der Waals surface area (Å²) >= 11 is 0. The van der Waals surface area contributed by atoms with Crippen molar-refractivity contribution in [2.75, 3.05) is 32.8 Å². The predicted molar refractivity (Wildman–Crippen MR) is 52.7 cm³/mol. The van der Waals surface area contributed by atoms with Crippen molar-refractivity contribution in [2.24, 2.45) is 0 Å². The van der Waals surface area contributed by atoms with Crippen molar-refractivity contribution in [3.8, 4) is 0 Å². The van der Waals surface area contributed by atoms with E-state index >= 15 is 0 Å². The molecule has 0 aromatic carbocycles. The zero-order valence-electron chi connectivity index (χ0n) is 8.45. The van der Waals surface area contributed by atoms with E-state index in [9.17, 15) is 5.11 Å². The molecule has 2 saturated heterocycles. The molecule has 76 valence electrons. The summed E-state index contributed by atoms with van der Waals surface area (Å²) in [5.74, 6) is 0. The van der Waals surface area contributed by atoms with Crippen molar-refractivity contribution < 1.29 is 5.11 Å². The normalized spacial score (nSPS) is 36.5. The standard InChI is InChI=1S/C10H20N2O/c1-2-11-6-9-4-3-5-12(9)7-10(11)8-13/h9-10,13H,2-8H2,1H3. The molecule has 13 heavy (non-hydrogen) atoms. The lowest BCUT2D eigenvalue weighted by atomic mass is 10.1. The van der Waals surface area contributed by atoms with E-state index in [0.717, 1.165) is 19.1 Å². The Labute approximate surface area is 80.3 Å². The highest BCUT2D eigenvalue weighted by Gasteiger charge is 2.34. The Balaban J connectivity index is 1.99. The van der Waals surface area contributed by atoms with Crippen LogP contribution in [0.2, 0.25) is 0 Å². The first-order valence-electron chi connectivity index (χ1n) is 5.44. The van der Waals surface area contributed by atoms with Gasteiger partial charge in [0.15, 0.2) is 0 Å². The van der Waals surface area contributed by atoms with Gasteiger partial charge in [0, 0.05) is 25.2 Å². The minimum Gasteiger partial charge on any atom is -0.395 e. The average molecular weight is 184 g/mol. The Morgan fingerprint density at radius 1 is 1.38 bits per heavy atom. The van der Waals surface area contributed by atoms with Gasteiger partial charge in [-0.2, -0.15) is 0 Å². The first kappa shape index (κ1) is 9.44.